The lowest BCUT2D eigenvalue weighted by molar-refractivity contribution is -0.123. The molecule has 3 aromatic rings. The van der Waals surface area contributed by atoms with Crippen molar-refractivity contribution in [3.63, 3.8) is 0 Å². The number of para-hydroxylation sites is 1. The van der Waals surface area contributed by atoms with Gasteiger partial charge in [0.15, 0.2) is 6.61 Å². The molecule has 1 heterocycles. The number of halogens is 1. The van der Waals surface area contributed by atoms with Gasteiger partial charge in [0.05, 0.1) is 6.04 Å². The molecule has 0 radical (unpaired) electrons. The van der Waals surface area contributed by atoms with Crippen molar-refractivity contribution in [3.8, 4) is 5.75 Å². The van der Waals surface area contributed by atoms with Gasteiger partial charge < -0.3 is 14.5 Å². The highest BCUT2D eigenvalue weighted by molar-refractivity contribution is 6.30. The Balaban J connectivity index is 1.57. The number of rotatable bonds is 5. The van der Waals surface area contributed by atoms with Crippen LogP contribution in [-0.4, -0.2) is 12.5 Å². The number of ether oxygens (including phenoxy) is 1. The van der Waals surface area contributed by atoms with Crippen LogP contribution in [-0.2, 0) is 4.79 Å². The molecule has 4 nitrogen and oxygen atoms in total. The van der Waals surface area contributed by atoms with E-state index in [1.54, 1.807) is 24.3 Å². The highest BCUT2D eigenvalue weighted by atomic mass is 35.5. The van der Waals surface area contributed by atoms with E-state index < -0.39 is 0 Å². The van der Waals surface area contributed by atoms with Gasteiger partial charge in [-0.2, -0.15) is 0 Å². The number of nitrogens with one attached hydrogen (secondary N) is 1. The van der Waals surface area contributed by atoms with Crippen LogP contribution in [0.5, 0.6) is 5.75 Å². The van der Waals surface area contributed by atoms with Crippen molar-refractivity contribution >= 4 is 28.5 Å². The molecule has 0 fully saturated rings. The van der Waals surface area contributed by atoms with Crippen LogP contribution in [0.2, 0.25) is 5.02 Å². The molecular formula is C18H16ClNO3. The van der Waals surface area contributed by atoms with Gasteiger partial charge >= 0.3 is 0 Å². The summed E-state index contributed by atoms with van der Waals surface area (Å²) in [6.45, 7) is 1.81. The van der Waals surface area contributed by atoms with Crippen LogP contribution in [0.25, 0.3) is 11.0 Å². The Kier molecular flexibility index (Phi) is 4.53. The summed E-state index contributed by atoms with van der Waals surface area (Å²) in [5.41, 5.74) is 0.806. The summed E-state index contributed by atoms with van der Waals surface area (Å²) in [6.07, 6.45) is 0. The molecule has 2 aromatic carbocycles. The van der Waals surface area contributed by atoms with Gasteiger partial charge in [-0.1, -0.05) is 29.8 Å². The Hall–Kier alpha value is -2.46. The summed E-state index contributed by atoms with van der Waals surface area (Å²) in [4.78, 5) is 12.0. The largest absolute Gasteiger partial charge is 0.484 e. The predicted octanol–water partition coefficient (Wildman–Crippen LogP) is 4.34. The van der Waals surface area contributed by atoms with E-state index in [2.05, 4.69) is 5.32 Å². The van der Waals surface area contributed by atoms with Crippen molar-refractivity contribution in [1.29, 1.82) is 0 Å². The number of carbonyl (C=O) groups excluding carboxylic acids is 1. The maximum Gasteiger partial charge on any atom is 0.258 e. The minimum atomic E-state index is -0.233. The number of carbonyl (C=O) groups is 1. The third kappa shape index (κ3) is 3.85. The van der Waals surface area contributed by atoms with E-state index in [-0.39, 0.29) is 18.6 Å². The zero-order valence-corrected chi connectivity index (χ0v) is 13.3. The Morgan fingerprint density at radius 3 is 2.70 bits per heavy atom. The lowest BCUT2D eigenvalue weighted by Crippen LogP contribution is -2.31. The minimum absolute atomic E-state index is 0.0633. The summed E-state index contributed by atoms with van der Waals surface area (Å²) < 4.78 is 11.2. The summed E-state index contributed by atoms with van der Waals surface area (Å²) in [5, 5.41) is 4.50. The molecule has 1 N–H and O–H groups in total. The Morgan fingerprint density at radius 1 is 1.22 bits per heavy atom. The van der Waals surface area contributed by atoms with E-state index in [9.17, 15) is 4.79 Å². The van der Waals surface area contributed by atoms with Crippen LogP contribution in [0.15, 0.2) is 59.0 Å². The highest BCUT2D eigenvalue weighted by Crippen LogP contribution is 2.23. The Labute approximate surface area is 139 Å². The zero-order valence-electron chi connectivity index (χ0n) is 12.6. The van der Waals surface area contributed by atoms with Crippen LogP contribution >= 0.6 is 11.6 Å². The fraction of sp³-hybridized carbons (Fsp3) is 0.167. The normalized spacial score (nSPS) is 12.1. The predicted molar refractivity (Wildman–Crippen MR) is 89.7 cm³/mol. The molecule has 0 spiro atoms. The second-order valence-electron chi connectivity index (χ2n) is 5.22. The summed E-state index contributed by atoms with van der Waals surface area (Å²) >= 11 is 5.80. The highest BCUT2D eigenvalue weighted by Gasteiger charge is 2.14. The van der Waals surface area contributed by atoms with Crippen molar-refractivity contribution in [3.05, 3.63) is 65.4 Å². The third-order valence-electron chi connectivity index (χ3n) is 3.43. The zero-order chi connectivity index (χ0) is 16.2. The van der Waals surface area contributed by atoms with Gasteiger partial charge in [0.25, 0.3) is 5.91 Å². The number of hydrogen-bond donors (Lipinski definition) is 1. The molecule has 3 rings (SSSR count). The minimum Gasteiger partial charge on any atom is -0.484 e. The smallest absolute Gasteiger partial charge is 0.258 e. The molecule has 0 saturated carbocycles. The van der Waals surface area contributed by atoms with Crippen molar-refractivity contribution < 1.29 is 13.9 Å². The monoisotopic (exact) mass is 329 g/mol. The van der Waals surface area contributed by atoms with Gasteiger partial charge in [-0.15, -0.1) is 0 Å². The molecule has 0 saturated heterocycles. The van der Waals surface area contributed by atoms with Crippen LogP contribution < -0.4 is 10.1 Å². The van der Waals surface area contributed by atoms with Crippen LogP contribution in [0.3, 0.4) is 0 Å². The maximum atomic E-state index is 12.0. The van der Waals surface area contributed by atoms with Crippen LogP contribution in [0.1, 0.15) is 18.7 Å². The number of amides is 1. The summed E-state index contributed by atoms with van der Waals surface area (Å²) in [7, 11) is 0. The summed E-state index contributed by atoms with van der Waals surface area (Å²) in [6, 6.07) is 16.3. The number of hydrogen-bond acceptors (Lipinski definition) is 3. The number of benzene rings is 2. The topological polar surface area (TPSA) is 51.5 Å². The molecule has 0 aliphatic carbocycles. The quantitative estimate of drug-likeness (QED) is 0.757. The van der Waals surface area contributed by atoms with E-state index in [4.69, 9.17) is 20.8 Å². The average Bonchev–Trinajstić information content (AvgIpc) is 2.98. The molecule has 1 aromatic heterocycles. The van der Waals surface area contributed by atoms with Crippen molar-refractivity contribution in [1.82, 2.24) is 5.32 Å². The molecule has 0 unspecified atom stereocenters. The van der Waals surface area contributed by atoms with E-state index in [0.29, 0.717) is 16.5 Å². The van der Waals surface area contributed by atoms with Gasteiger partial charge in [-0.25, -0.2) is 0 Å². The molecule has 0 bridgehead atoms. The van der Waals surface area contributed by atoms with E-state index >= 15 is 0 Å². The lowest BCUT2D eigenvalue weighted by atomic mass is 10.2. The fourth-order valence-corrected chi connectivity index (χ4v) is 2.38. The standard InChI is InChI=1S/C18H16ClNO3/c1-12(17-10-13-4-2-3-5-16(13)23-17)20-18(21)11-22-15-8-6-14(19)7-9-15/h2-10,12H,11H2,1H3,(H,20,21)/t12-/m0/s1. The van der Waals surface area contributed by atoms with Crippen molar-refractivity contribution in [2.24, 2.45) is 0 Å². The number of furan rings is 1. The van der Waals surface area contributed by atoms with Gasteiger partial charge in [-0.05, 0) is 43.3 Å². The Bertz CT molecular complexity index is 778. The molecule has 5 heteroatoms. The van der Waals surface area contributed by atoms with E-state index in [0.717, 1.165) is 11.0 Å². The van der Waals surface area contributed by atoms with Crippen LogP contribution in [0.4, 0.5) is 0 Å². The third-order valence-corrected chi connectivity index (χ3v) is 3.68. The van der Waals surface area contributed by atoms with E-state index in [1.165, 1.54) is 0 Å². The average molecular weight is 330 g/mol. The van der Waals surface area contributed by atoms with Gasteiger partial charge in [0.1, 0.15) is 17.1 Å². The first-order valence-corrected chi connectivity index (χ1v) is 7.66. The van der Waals surface area contributed by atoms with Crippen molar-refractivity contribution in [2.75, 3.05) is 6.61 Å². The first-order chi connectivity index (χ1) is 11.1. The lowest BCUT2D eigenvalue weighted by Gasteiger charge is -2.12. The molecular weight excluding hydrogens is 314 g/mol. The Morgan fingerprint density at radius 2 is 1.96 bits per heavy atom. The molecule has 0 aliphatic heterocycles. The SMILES string of the molecule is C[C@H](NC(=O)COc1ccc(Cl)cc1)c1cc2ccccc2o1. The molecule has 0 aliphatic rings. The molecule has 118 valence electrons. The van der Waals surface area contributed by atoms with Gasteiger partial charge in [-0.3, -0.25) is 4.79 Å². The van der Waals surface area contributed by atoms with Crippen molar-refractivity contribution in [2.45, 2.75) is 13.0 Å². The second-order valence-corrected chi connectivity index (χ2v) is 5.65. The fourth-order valence-electron chi connectivity index (χ4n) is 2.25. The molecule has 1 atom stereocenters. The van der Waals surface area contributed by atoms with E-state index in [1.807, 2.05) is 37.3 Å². The maximum absolute atomic E-state index is 12.0. The number of fused-ring (bicyclic) bond motifs is 1. The molecule has 1 amide bonds. The first kappa shape index (κ1) is 15.4. The summed E-state index contributed by atoms with van der Waals surface area (Å²) in [5.74, 6) is 1.10. The van der Waals surface area contributed by atoms with Gasteiger partial charge in [0, 0.05) is 10.4 Å². The van der Waals surface area contributed by atoms with Gasteiger partial charge in [0.2, 0.25) is 0 Å². The van der Waals surface area contributed by atoms with Crippen LogP contribution in [0, 0.1) is 0 Å². The first-order valence-electron chi connectivity index (χ1n) is 7.28. The molecule has 23 heavy (non-hydrogen) atoms. The second kappa shape index (κ2) is 6.75.